The Labute approximate surface area is 235 Å². The molecule has 1 aromatic heterocycles. The topological polar surface area (TPSA) is 73.8 Å². The van der Waals surface area contributed by atoms with Crippen LogP contribution in [0.25, 0.3) is 11.1 Å². The van der Waals surface area contributed by atoms with Gasteiger partial charge in [0.15, 0.2) is 0 Å². The Balaban J connectivity index is 1.51. The molecule has 0 bridgehead atoms. The van der Waals surface area contributed by atoms with E-state index in [-0.39, 0.29) is 28.9 Å². The normalized spacial score (nSPS) is 20.3. The first-order chi connectivity index (χ1) is 19.5. The number of anilines is 3. The van der Waals surface area contributed by atoms with Gasteiger partial charge in [-0.2, -0.15) is 13.2 Å². The van der Waals surface area contributed by atoms with E-state index in [1.807, 2.05) is 16.8 Å². The molecule has 1 N–H and O–H groups in total. The fourth-order valence-electron chi connectivity index (χ4n) is 5.17. The predicted molar refractivity (Wildman–Crippen MR) is 149 cm³/mol. The van der Waals surface area contributed by atoms with Gasteiger partial charge < -0.3 is 19.9 Å². The standard InChI is InChI=1S/C29H32F4N6O2/c1-18-16-39(17-19(2)37(18)3)26-13-24(30)23(21-14-34-28(35-15-21)38-7-9-41-10-8-38)12-25(26)36-27(40)20-5-4-6-22(11-20)29(31,32)33/h4-6,11-15,18-19H,7-10,16-17H2,1-3H3,(H,36,40)/t18-,19+. The number of nitrogens with one attached hydrogen (secondary N) is 1. The Morgan fingerprint density at radius 1 is 1.00 bits per heavy atom. The summed E-state index contributed by atoms with van der Waals surface area (Å²) in [6, 6.07) is 7.36. The van der Waals surface area contributed by atoms with E-state index in [1.54, 1.807) is 0 Å². The number of hydrogen-bond donors (Lipinski definition) is 1. The first kappa shape index (κ1) is 28.7. The summed E-state index contributed by atoms with van der Waals surface area (Å²) in [5.41, 5.74) is 0.214. The van der Waals surface area contributed by atoms with Crippen molar-refractivity contribution in [2.24, 2.45) is 0 Å². The number of amides is 1. The first-order valence-electron chi connectivity index (χ1n) is 13.5. The van der Waals surface area contributed by atoms with Crippen molar-refractivity contribution in [1.82, 2.24) is 14.9 Å². The lowest BCUT2D eigenvalue weighted by Gasteiger charge is -2.44. The van der Waals surface area contributed by atoms with Crippen LogP contribution in [0.5, 0.6) is 0 Å². The minimum absolute atomic E-state index is 0.148. The van der Waals surface area contributed by atoms with Crippen LogP contribution >= 0.6 is 0 Å². The Morgan fingerprint density at radius 3 is 2.29 bits per heavy atom. The van der Waals surface area contributed by atoms with E-state index >= 15 is 4.39 Å². The summed E-state index contributed by atoms with van der Waals surface area (Å²) in [6.45, 7) is 7.70. The lowest BCUT2D eigenvalue weighted by atomic mass is 10.0. The van der Waals surface area contributed by atoms with Crippen LogP contribution in [0.3, 0.4) is 0 Å². The molecule has 2 atom stereocenters. The maximum absolute atomic E-state index is 15.7. The molecule has 41 heavy (non-hydrogen) atoms. The summed E-state index contributed by atoms with van der Waals surface area (Å²) in [5.74, 6) is -0.754. The zero-order chi connectivity index (χ0) is 29.3. The smallest absolute Gasteiger partial charge is 0.378 e. The lowest BCUT2D eigenvalue weighted by molar-refractivity contribution is -0.137. The lowest BCUT2D eigenvalue weighted by Crippen LogP contribution is -2.55. The summed E-state index contributed by atoms with van der Waals surface area (Å²) < 4.78 is 60.9. The number of aromatic nitrogens is 2. The number of halogens is 4. The van der Waals surface area contributed by atoms with Crippen LogP contribution < -0.4 is 15.1 Å². The third kappa shape index (κ3) is 6.28. The van der Waals surface area contributed by atoms with E-state index in [1.165, 1.54) is 36.7 Å². The maximum Gasteiger partial charge on any atom is 0.416 e. The van der Waals surface area contributed by atoms with Gasteiger partial charge in [-0.1, -0.05) is 6.07 Å². The van der Waals surface area contributed by atoms with Gasteiger partial charge in [0.2, 0.25) is 5.95 Å². The number of carbonyl (C=O) groups is 1. The van der Waals surface area contributed by atoms with Crippen LogP contribution in [0.4, 0.5) is 34.9 Å². The van der Waals surface area contributed by atoms with Gasteiger partial charge in [0, 0.05) is 67.3 Å². The molecule has 8 nitrogen and oxygen atoms in total. The fourth-order valence-corrected chi connectivity index (χ4v) is 5.17. The molecule has 0 saturated carbocycles. The van der Waals surface area contributed by atoms with E-state index in [0.717, 1.165) is 12.1 Å². The van der Waals surface area contributed by atoms with Crippen LogP contribution in [0, 0.1) is 5.82 Å². The van der Waals surface area contributed by atoms with Gasteiger partial charge in [0.1, 0.15) is 5.82 Å². The van der Waals surface area contributed by atoms with Gasteiger partial charge in [0.25, 0.3) is 5.91 Å². The summed E-state index contributed by atoms with van der Waals surface area (Å²) in [7, 11) is 2.02. The number of piperazine rings is 1. The Bertz CT molecular complexity index is 1380. The third-order valence-corrected chi connectivity index (χ3v) is 7.73. The van der Waals surface area contributed by atoms with E-state index in [9.17, 15) is 18.0 Å². The Morgan fingerprint density at radius 2 is 1.66 bits per heavy atom. The number of hydrogen-bond acceptors (Lipinski definition) is 7. The average Bonchev–Trinajstić information content (AvgIpc) is 2.96. The summed E-state index contributed by atoms with van der Waals surface area (Å²) >= 11 is 0. The van der Waals surface area contributed by atoms with E-state index in [0.29, 0.717) is 56.6 Å². The quantitative estimate of drug-likeness (QED) is 0.435. The van der Waals surface area contributed by atoms with Crippen LogP contribution in [0.1, 0.15) is 29.8 Å². The molecule has 218 valence electrons. The number of ether oxygens (including phenoxy) is 1. The molecule has 2 aliphatic heterocycles. The average molecular weight is 573 g/mol. The molecule has 0 aliphatic carbocycles. The minimum Gasteiger partial charge on any atom is -0.378 e. The molecule has 5 rings (SSSR count). The number of nitrogens with zero attached hydrogens (tertiary/aromatic N) is 5. The zero-order valence-corrected chi connectivity index (χ0v) is 23.1. The maximum atomic E-state index is 15.7. The second-order valence-electron chi connectivity index (χ2n) is 10.5. The highest BCUT2D eigenvalue weighted by atomic mass is 19.4. The van der Waals surface area contributed by atoms with Crippen molar-refractivity contribution in [3.05, 3.63) is 65.7 Å². The van der Waals surface area contributed by atoms with Crippen molar-refractivity contribution in [1.29, 1.82) is 0 Å². The molecule has 0 unspecified atom stereocenters. The Kier molecular flexibility index (Phi) is 8.14. The van der Waals surface area contributed by atoms with Crippen molar-refractivity contribution in [3.63, 3.8) is 0 Å². The zero-order valence-electron chi connectivity index (χ0n) is 23.1. The van der Waals surface area contributed by atoms with Gasteiger partial charge >= 0.3 is 6.18 Å². The van der Waals surface area contributed by atoms with Gasteiger partial charge in [-0.15, -0.1) is 0 Å². The van der Waals surface area contributed by atoms with Crippen molar-refractivity contribution >= 4 is 23.2 Å². The number of carbonyl (C=O) groups excluding carboxylic acids is 1. The van der Waals surface area contributed by atoms with Crippen molar-refractivity contribution in [2.45, 2.75) is 32.1 Å². The van der Waals surface area contributed by atoms with Gasteiger partial charge in [-0.05, 0) is 51.2 Å². The largest absolute Gasteiger partial charge is 0.416 e. The molecule has 2 saturated heterocycles. The molecule has 1 amide bonds. The molecular formula is C29H32F4N6O2. The summed E-state index contributed by atoms with van der Waals surface area (Å²) in [6.07, 6.45) is -1.55. The first-order valence-corrected chi connectivity index (χ1v) is 13.5. The minimum atomic E-state index is -4.59. The second kappa shape index (κ2) is 11.6. The van der Waals surface area contributed by atoms with E-state index < -0.39 is 23.5 Å². The van der Waals surface area contributed by atoms with Crippen molar-refractivity contribution < 1.29 is 27.1 Å². The van der Waals surface area contributed by atoms with E-state index in [2.05, 4.69) is 34.0 Å². The highest BCUT2D eigenvalue weighted by Gasteiger charge is 2.32. The van der Waals surface area contributed by atoms with Gasteiger partial charge in [-0.3, -0.25) is 9.69 Å². The number of morpholine rings is 1. The molecule has 2 aliphatic rings. The fraction of sp³-hybridized carbons (Fsp3) is 0.414. The molecule has 2 fully saturated rings. The highest BCUT2D eigenvalue weighted by molar-refractivity contribution is 6.06. The van der Waals surface area contributed by atoms with Gasteiger partial charge in [-0.25, -0.2) is 14.4 Å². The molecule has 12 heteroatoms. The molecule has 3 aromatic rings. The molecule has 0 radical (unpaired) electrons. The van der Waals surface area contributed by atoms with Crippen molar-refractivity contribution in [3.8, 4) is 11.1 Å². The van der Waals surface area contributed by atoms with Crippen LogP contribution in [0.2, 0.25) is 0 Å². The predicted octanol–water partition coefficient (Wildman–Crippen LogP) is 4.92. The number of benzene rings is 2. The van der Waals surface area contributed by atoms with Crippen LogP contribution in [-0.2, 0) is 10.9 Å². The van der Waals surface area contributed by atoms with E-state index in [4.69, 9.17) is 4.74 Å². The molecule has 0 spiro atoms. The van der Waals surface area contributed by atoms with Gasteiger partial charge in [0.05, 0.1) is 30.2 Å². The van der Waals surface area contributed by atoms with Crippen LogP contribution in [0.15, 0.2) is 48.8 Å². The molecule has 3 heterocycles. The third-order valence-electron chi connectivity index (χ3n) is 7.73. The molecule has 2 aromatic carbocycles. The number of alkyl halides is 3. The summed E-state index contributed by atoms with van der Waals surface area (Å²) in [4.78, 5) is 28.2. The number of rotatable bonds is 5. The van der Waals surface area contributed by atoms with Crippen molar-refractivity contribution in [2.75, 3.05) is 61.6 Å². The molecular weight excluding hydrogens is 540 g/mol. The highest BCUT2D eigenvalue weighted by Crippen LogP contribution is 2.36. The number of likely N-dealkylation sites (N-methyl/N-ethyl adjacent to an activating group) is 1. The summed E-state index contributed by atoms with van der Waals surface area (Å²) in [5, 5.41) is 2.75. The SMILES string of the molecule is C[C@@H]1CN(c2cc(F)c(-c3cnc(N4CCOCC4)nc3)cc2NC(=O)c2cccc(C(F)(F)F)c2)C[C@H](C)N1C. The Hall–Kier alpha value is -3.77. The monoisotopic (exact) mass is 572 g/mol. The van der Waals surface area contributed by atoms with Crippen LogP contribution in [-0.4, -0.2) is 79.3 Å². The second-order valence-corrected chi connectivity index (χ2v) is 10.5.